The number of benzene rings is 3. The monoisotopic (exact) mass is 736 g/mol. The lowest BCUT2D eigenvalue weighted by atomic mass is 10.1. The summed E-state index contributed by atoms with van der Waals surface area (Å²) in [7, 11) is -3.44. The highest BCUT2D eigenvalue weighted by Crippen LogP contribution is 2.45. The SMILES string of the molecule is COc1cc(SC#COOS(=O)(=O)O)ccc1N=Nc1c(SOOO)cc2cc(N(O)c3nc(Cl)nc(SO)n3)ccc2c1O.O. The first-order valence-corrected chi connectivity index (χ1v) is 15.4. The normalized spacial score (nSPS) is 11.2. The molecule has 0 aliphatic carbocycles. The van der Waals surface area contributed by atoms with Gasteiger partial charge in [0.25, 0.3) is 5.95 Å². The van der Waals surface area contributed by atoms with Crippen molar-refractivity contribution >= 4 is 91.6 Å². The van der Waals surface area contributed by atoms with Crippen LogP contribution in [0, 0.1) is 11.4 Å². The van der Waals surface area contributed by atoms with Gasteiger partial charge >= 0.3 is 10.4 Å². The van der Waals surface area contributed by atoms with Gasteiger partial charge in [0.1, 0.15) is 17.1 Å². The number of aromatic nitrogens is 3. The molecule has 0 saturated heterocycles. The Morgan fingerprint density at radius 3 is 2.57 bits per heavy atom. The van der Waals surface area contributed by atoms with Crippen LogP contribution in [0.3, 0.4) is 0 Å². The van der Waals surface area contributed by atoms with E-state index in [1.165, 1.54) is 43.5 Å². The summed E-state index contributed by atoms with van der Waals surface area (Å²) in [6.07, 6.45) is 1.92. The smallest absolute Gasteiger partial charge is 0.433 e. The van der Waals surface area contributed by atoms with Gasteiger partial charge in [-0.15, -0.1) is 14.6 Å². The number of rotatable bonds is 12. The first kappa shape index (κ1) is 36.7. The Morgan fingerprint density at radius 2 is 1.87 bits per heavy atom. The van der Waals surface area contributed by atoms with Gasteiger partial charge in [-0.3, -0.25) is 14.6 Å². The largest absolute Gasteiger partial charge is 0.505 e. The molecule has 0 aliphatic heterocycles. The molecule has 3 aromatic carbocycles. The van der Waals surface area contributed by atoms with E-state index < -0.39 is 10.4 Å². The van der Waals surface area contributed by atoms with E-state index in [4.69, 9.17) is 26.1 Å². The maximum absolute atomic E-state index is 11.1. The number of hydrogen-bond donors (Lipinski definition) is 5. The van der Waals surface area contributed by atoms with E-state index >= 15 is 0 Å². The zero-order valence-electron chi connectivity index (χ0n) is 22.3. The van der Waals surface area contributed by atoms with Gasteiger partial charge in [0.05, 0.1) is 41.8 Å². The number of methoxy groups -OCH3 is 1. The van der Waals surface area contributed by atoms with Crippen LogP contribution in [0.1, 0.15) is 0 Å². The molecule has 1 heterocycles. The number of phenolic OH excluding ortho intramolecular Hbond substituents is 1. The van der Waals surface area contributed by atoms with Crippen molar-refractivity contribution in [3.63, 3.8) is 0 Å². The van der Waals surface area contributed by atoms with Gasteiger partial charge in [0, 0.05) is 15.5 Å². The quantitative estimate of drug-likeness (QED) is 0.0235. The maximum Gasteiger partial charge on any atom is 0.433 e. The van der Waals surface area contributed by atoms with Crippen molar-refractivity contribution in [1.29, 1.82) is 0 Å². The molecule has 244 valence electrons. The molecular weight excluding hydrogens is 720 g/mol. The van der Waals surface area contributed by atoms with E-state index in [-0.39, 0.29) is 72.8 Å². The summed E-state index contributed by atoms with van der Waals surface area (Å²) in [6, 6.07) is 10.4. The van der Waals surface area contributed by atoms with Gasteiger partial charge < -0.3 is 19.9 Å². The zero-order valence-corrected chi connectivity index (χ0v) is 26.4. The van der Waals surface area contributed by atoms with Crippen molar-refractivity contribution in [3.05, 3.63) is 47.7 Å². The van der Waals surface area contributed by atoms with Crippen LogP contribution < -0.4 is 9.80 Å². The summed E-state index contributed by atoms with van der Waals surface area (Å²) in [4.78, 5) is 16.1. The number of fused-ring (bicyclic) bond motifs is 1. The van der Waals surface area contributed by atoms with Gasteiger partial charge in [-0.1, -0.05) is 5.04 Å². The zero-order chi connectivity index (χ0) is 32.6. The van der Waals surface area contributed by atoms with Crippen LogP contribution in [0.4, 0.5) is 23.0 Å². The summed E-state index contributed by atoms with van der Waals surface area (Å²) in [5.41, 5.74) is 0.264. The summed E-state index contributed by atoms with van der Waals surface area (Å²) in [6.45, 7) is 0. The maximum atomic E-state index is 11.1. The fourth-order valence-corrected chi connectivity index (χ4v) is 4.89. The number of thioether (sulfide) groups is 1. The molecule has 0 bridgehead atoms. The molecule has 0 unspecified atom stereocenters. The second kappa shape index (κ2) is 16.7. The standard InChI is InChI=1S/C22H15ClN6O12S4.H2O/c1-37-16-10-13(42-7-6-38-41-45(34,35)36)3-5-15(16)27-28-18-17(44-40-39-32)9-11-8-12(2-4-14(11)19(18)30)29(31)21-24-20(23)25-22(26-21)43-33;/h2-5,8-10,30-33H,1H3,(H,34,35,36);1H2. The number of halogens is 1. The van der Waals surface area contributed by atoms with Gasteiger partial charge in [-0.05, 0) is 75.5 Å². The first-order valence-electron chi connectivity index (χ1n) is 11.3. The molecular formula is C22H17ClN6O13S4. The Labute approximate surface area is 275 Å². The van der Waals surface area contributed by atoms with Gasteiger partial charge in [0.15, 0.2) is 11.9 Å². The molecule has 0 amide bonds. The third-order valence-electron chi connectivity index (χ3n) is 5.06. The van der Waals surface area contributed by atoms with Crippen LogP contribution in [0.2, 0.25) is 5.28 Å². The van der Waals surface area contributed by atoms with E-state index in [0.717, 1.165) is 11.8 Å². The summed E-state index contributed by atoms with van der Waals surface area (Å²) >= 11 is 7.43. The third-order valence-corrected chi connectivity index (χ3v) is 7.11. The highest BCUT2D eigenvalue weighted by atomic mass is 35.5. The number of nitrogens with zero attached hydrogens (tertiary/aromatic N) is 6. The molecule has 0 fully saturated rings. The van der Waals surface area contributed by atoms with Gasteiger partial charge in [-0.2, -0.15) is 28.4 Å². The second-order valence-electron chi connectivity index (χ2n) is 7.71. The minimum absolute atomic E-state index is 0. The number of aromatic hydroxyl groups is 1. The van der Waals surface area contributed by atoms with Crippen LogP contribution in [-0.4, -0.2) is 60.6 Å². The van der Waals surface area contributed by atoms with Gasteiger partial charge in [-0.25, -0.2) is 5.26 Å². The van der Waals surface area contributed by atoms with Crippen LogP contribution in [0.5, 0.6) is 11.5 Å². The average molecular weight is 737 g/mol. The van der Waals surface area contributed by atoms with Crippen LogP contribution in [0.15, 0.2) is 67.6 Å². The number of azo groups is 1. The Morgan fingerprint density at radius 1 is 1.09 bits per heavy atom. The predicted octanol–water partition coefficient (Wildman–Crippen LogP) is 5.27. The highest BCUT2D eigenvalue weighted by Gasteiger charge is 2.19. The molecule has 46 heavy (non-hydrogen) atoms. The summed E-state index contributed by atoms with van der Waals surface area (Å²) < 4.78 is 52.1. The summed E-state index contributed by atoms with van der Waals surface area (Å²) in [5.74, 6) is -0.414. The molecule has 0 spiro atoms. The fraction of sp³-hybridized carbons (Fsp3) is 0.0455. The van der Waals surface area contributed by atoms with Crippen LogP contribution in [0.25, 0.3) is 10.8 Å². The van der Waals surface area contributed by atoms with Crippen molar-refractivity contribution < 1.29 is 61.9 Å². The molecule has 24 heteroatoms. The van der Waals surface area contributed by atoms with E-state index in [1.807, 2.05) is 6.11 Å². The highest BCUT2D eigenvalue weighted by molar-refractivity contribution is 8.04. The van der Waals surface area contributed by atoms with E-state index in [1.54, 1.807) is 6.07 Å². The fourth-order valence-electron chi connectivity index (χ4n) is 3.32. The average Bonchev–Trinajstić information content (AvgIpc) is 3.02. The van der Waals surface area contributed by atoms with E-state index in [2.05, 4.69) is 49.0 Å². The minimum atomic E-state index is -4.81. The predicted molar refractivity (Wildman–Crippen MR) is 162 cm³/mol. The molecule has 0 radical (unpaired) electrons. The van der Waals surface area contributed by atoms with Crippen molar-refractivity contribution in [2.75, 3.05) is 12.2 Å². The van der Waals surface area contributed by atoms with E-state index in [9.17, 15) is 23.3 Å². The molecule has 0 atom stereocenters. The van der Waals surface area contributed by atoms with Crippen LogP contribution in [-0.2, 0) is 29.0 Å². The van der Waals surface area contributed by atoms with Crippen molar-refractivity contribution in [2.45, 2.75) is 14.9 Å². The number of hydrogen-bond acceptors (Lipinski definition) is 20. The molecule has 0 saturated carbocycles. The Balaban J connectivity index is 0.00000576. The topological polar surface area (TPSA) is 280 Å². The number of anilines is 2. The molecule has 0 aliphatic rings. The van der Waals surface area contributed by atoms with Crippen molar-refractivity contribution in [3.8, 4) is 22.9 Å². The van der Waals surface area contributed by atoms with Crippen molar-refractivity contribution in [2.24, 2.45) is 10.2 Å². The number of phenols is 1. The Hall–Kier alpha value is -3.74. The lowest BCUT2D eigenvalue weighted by molar-refractivity contribution is -0.432. The van der Waals surface area contributed by atoms with Crippen LogP contribution >= 0.6 is 47.4 Å². The van der Waals surface area contributed by atoms with Gasteiger partial charge in [0.2, 0.25) is 10.4 Å². The second-order valence-corrected chi connectivity index (χ2v) is 11.2. The summed E-state index contributed by atoms with van der Waals surface area (Å²) in [5, 5.41) is 45.7. The number of ether oxygens (including phenoxy) is 1. The van der Waals surface area contributed by atoms with E-state index in [0.29, 0.717) is 27.4 Å². The molecule has 4 aromatic rings. The molecule has 19 nitrogen and oxygen atoms in total. The lowest BCUT2D eigenvalue weighted by Crippen LogP contribution is -2.15. The molecule has 4 rings (SSSR count). The lowest BCUT2D eigenvalue weighted by Gasteiger charge is -2.16. The Bertz CT molecular complexity index is 1910. The van der Waals surface area contributed by atoms with Crippen molar-refractivity contribution in [1.82, 2.24) is 15.0 Å². The molecule has 7 N–H and O–H groups in total. The Kier molecular flexibility index (Phi) is 13.3. The minimum Gasteiger partial charge on any atom is -0.505 e. The first-order chi connectivity index (χ1) is 21.5. The third kappa shape index (κ3) is 9.63. The molecule has 1 aromatic heterocycles.